The molecule has 7 nitrogen and oxygen atoms in total. The van der Waals surface area contributed by atoms with Crippen molar-refractivity contribution in [3.05, 3.63) is 59.9 Å². The van der Waals surface area contributed by atoms with Gasteiger partial charge in [-0.2, -0.15) is 0 Å². The van der Waals surface area contributed by atoms with Crippen molar-refractivity contribution in [2.75, 3.05) is 49.5 Å². The van der Waals surface area contributed by atoms with E-state index < -0.39 is 5.82 Å². The molecule has 36 heavy (non-hydrogen) atoms. The van der Waals surface area contributed by atoms with Crippen molar-refractivity contribution in [1.29, 1.82) is 0 Å². The first kappa shape index (κ1) is 25.7. The van der Waals surface area contributed by atoms with Crippen molar-refractivity contribution in [3.63, 3.8) is 0 Å². The molecule has 192 valence electrons. The molecule has 1 N–H and O–H groups in total. The van der Waals surface area contributed by atoms with Crippen molar-refractivity contribution in [3.8, 4) is 0 Å². The van der Waals surface area contributed by atoms with Gasteiger partial charge in [0.05, 0.1) is 12.1 Å². The van der Waals surface area contributed by atoms with Gasteiger partial charge in [0, 0.05) is 50.0 Å². The molecule has 0 bridgehead atoms. The highest BCUT2D eigenvalue weighted by Gasteiger charge is 2.28. The Morgan fingerprint density at radius 2 is 1.64 bits per heavy atom. The Morgan fingerprint density at radius 1 is 0.972 bits per heavy atom. The molecular formula is C28H35FN4O3. The Hall–Kier alpha value is -3.42. The van der Waals surface area contributed by atoms with Crippen LogP contribution in [-0.4, -0.2) is 66.8 Å². The number of hydrogen-bond acceptors (Lipinski definition) is 4. The SMILES string of the molecule is CCCN(CC(=O)Nc1ccc(N2CCN(C(=O)c3ccccc3F)CC2)cc1)C(=O)C1CCCC1. The van der Waals surface area contributed by atoms with E-state index in [1.54, 1.807) is 21.9 Å². The Labute approximate surface area is 212 Å². The van der Waals surface area contributed by atoms with E-state index in [1.807, 2.05) is 31.2 Å². The number of halogens is 1. The lowest BCUT2D eigenvalue weighted by atomic mass is 10.1. The molecule has 0 aromatic heterocycles. The molecule has 2 aliphatic rings. The van der Waals surface area contributed by atoms with E-state index >= 15 is 0 Å². The quantitative estimate of drug-likeness (QED) is 0.598. The predicted molar refractivity (Wildman–Crippen MR) is 138 cm³/mol. The van der Waals surface area contributed by atoms with Crippen molar-refractivity contribution >= 4 is 29.1 Å². The largest absolute Gasteiger partial charge is 0.368 e. The van der Waals surface area contributed by atoms with Crippen LogP contribution in [0, 0.1) is 11.7 Å². The first-order valence-electron chi connectivity index (χ1n) is 12.9. The minimum atomic E-state index is -0.497. The van der Waals surface area contributed by atoms with E-state index in [4.69, 9.17) is 0 Å². The van der Waals surface area contributed by atoms with Crippen LogP contribution in [-0.2, 0) is 9.59 Å². The Bertz CT molecular complexity index is 1060. The Balaban J connectivity index is 1.28. The summed E-state index contributed by atoms with van der Waals surface area (Å²) in [5, 5.41) is 2.91. The van der Waals surface area contributed by atoms with Gasteiger partial charge in [0.1, 0.15) is 5.82 Å². The van der Waals surface area contributed by atoms with Crippen molar-refractivity contribution < 1.29 is 18.8 Å². The van der Waals surface area contributed by atoms with Crippen LogP contribution in [0.2, 0.25) is 0 Å². The molecule has 2 aromatic rings. The summed E-state index contributed by atoms with van der Waals surface area (Å²) in [6.45, 7) is 4.97. The average Bonchev–Trinajstić information content (AvgIpc) is 3.44. The van der Waals surface area contributed by atoms with Crippen molar-refractivity contribution in [1.82, 2.24) is 9.80 Å². The lowest BCUT2D eigenvalue weighted by Gasteiger charge is -2.36. The molecule has 2 fully saturated rings. The van der Waals surface area contributed by atoms with Crippen LogP contribution in [0.3, 0.4) is 0 Å². The molecule has 1 aliphatic carbocycles. The molecule has 1 aliphatic heterocycles. The lowest BCUT2D eigenvalue weighted by molar-refractivity contribution is -0.138. The number of hydrogen-bond donors (Lipinski definition) is 1. The molecule has 0 radical (unpaired) electrons. The summed E-state index contributed by atoms with van der Waals surface area (Å²) in [7, 11) is 0. The number of nitrogens with zero attached hydrogens (tertiary/aromatic N) is 3. The normalized spacial score (nSPS) is 16.2. The Kier molecular flexibility index (Phi) is 8.57. The molecule has 1 saturated heterocycles. The van der Waals surface area contributed by atoms with Gasteiger partial charge in [0.25, 0.3) is 5.91 Å². The third kappa shape index (κ3) is 6.22. The summed E-state index contributed by atoms with van der Waals surface area (Å²) in [6, 6.07) is 13.7. The maximum absolute atomic E-state index is 14.0. The predicted octanol–water partition coefficient (Wildman–Crippen LogP) is 4.16. The van der Waals surface area contributed by atoms with E-state index in [-0.39, 0.29) is 35.7 Å². The second-order valence-electron chi connectivity index (χ2n) is 9.60. The number of amides is 3. The molecule has 4 rings (SSSR count). The fraction of sp³-hybridized carbons (Fsp3) is 0.464. The maximum atomic E-state index is 14.0. The minimum absolute atomic E-state index is 0.0612. The van der Waals surface area contributed by atoms with Crippen LogP contribution >= 0.6 is 0 Å². The molecular weight excluding hydrogens is 459 g/mol. The maximum Gasteiger partial charge on any atom is 0.256 e. The van der Waals surface area contributed by atoms with Crippen LogP contribution in [0.25, 0.3) is 0 Å². The zero-order chi connectivity index (χ0) is 25.5. The third-order valence-corrected chi connectivity index (χ3v) is 7.03. The van der Waals surface area contributed by atoms with Crippen LogP contribution in [0.15, 0.2) is 48.5 Å². The van der Waals surface area contributed by atoms with Crippen LogP contribution in [0.1, 0.15) is 49.4 Å². The van der Waals surface area contributed by atoms with Crippen LogP contribution < -0.4 is 10.2 Å². The van der Waals surface area contributed by atoms with E-state index in [0.717, 1.165) is 37.8 Å². The van der Waals surface area contributed by atoms with E-state index in [2.05, 4.69) is 10.2 Å². The van der Waals surface area contributed by atoms with Crippen molar-refractivity contribution in [2.24, 2.45) is 5.92 Å². The van der Waals surface area contributed by atoms with E-state index in [0.29, 0.717) is 38.4 Å². The molecule has 0 spiro atoms. The zero-order valence-electron chi connectivity index (χ0n) is 20.9. The van der Waals surface area contributed by atoms with E-state index in [9.17, 15) is 18.8 Å². The van der Waals surface area contributed by atoms with Gasteiger partial charge in [0.15, 0.2) is 0 Å². The first-order chi connectivity index (χ1) is 17.5. The molecule has 0 atom stereocenters. The monoisotopic (exact) mass is 494 g/mol. The summed E-state index contributed by atoms with van der Waals surface area (Å²) < 4.78 is 14.0. The van der Waals surface area contributed by atoms with Gasteiger partial charge >= 0.3 is 0 Å². The summed E-state index contributed by atoms with van der Waals surface area (Å²) in [6.07, 6.45) is 4.85. The van der Waals surface area contributed by atoms with Gasteiger partial charge in [-0.3, -0.25) is 14.4 Å². The number of rotatable bonds is 8. The summed E-state index contributed by atoms with van der Waals surface area (Å²) in [5.74, 6) is -0.806. The van der Waals surface area contributed by atoms with Crippen LogP contribution in [0.5, 0.6) is 0 Å². The smallest absolute Gasteiger partial charge is 0.256 e. The van der Waals surface area contributed by atoms with Gasteiger partial charge in [-0.05, 0) is 55.7 Å². The number of carbonyl (C=O) groups excluding carboxylic acids is 3. The fourth-order valence-electron chi connectivity index (χ4n) is 5.07. The van der Waals surface area contributed by atoms with Gasteiger partial charge in [-0.15, -0.1) is 0 Å². The second kappa shape index (κ2) is 12.0. The summed E-state index contributed by atoms with van der Waals surface area (Å²) >= 11 is 0. The molecule has 1 heterocycles. The number of carbonyl (C=O) groups is 3. The standard InChI is InChI=1S/C28H35FN4O3/c1-2-15-33(27(35)21-7-3-4-8-21)20-26(34)30-22-11-13-23(14-12-22)31-16-18-32(19-17-31)28(36)24-9-5-6-10-25(24)29/h5-6,9-14,21H,2-4,7-8,15-20H2,1H3,(H,30,34). The molecule has 2 aromatic carbocycles. The summed E-state index contributed by atoms with van der Waals surface area (Å²) in [4.78, 5) is 43.7. The van der Waals surface area contributed by atoms with Gasteiger partial charge in [-0.1, -0.05) is 31.9 Å². The lowest BCUT2D eigenvalue weighted by Crippen LogP contribution is -2.49. The van der Waals surface area contributed by atoms with Gasteiger partial charge < -0.3 is 20.0 Å². The number of anilines is 2. The fourth-order valence-corrected chi connectivity index (χ4v) is 5.07. The summed E-state index contributed by atoms with van der Waals surface area (Å²) in [5.41, 5.74) is 1.78. The molecule has 1 saturated carbocycles. The highest BCUT2D eigenvalue weighted by atomic mass is 19.1. The van der Waals surface area contributed by atoms with Crippen LogP contribution in [0.4, 0.5) is 15.8 Å². The van der Waals surface area contributed by atoms with Gasteiger partial charge in [0.2, 0.25) is 11.8 Å². The highest BCUT2D eigenvalue weighted by molar-refractivity contribution is 5.95. The Morgan fingerprint density at radius 3 is 2.28 bits per heavy atom. The van der Waals surface area contributed by atoms with Gasteiger partial charge in [-0.25, -0.2) is 4.39 Å². The highest BCUT2D eigenvalue weighted by Crippen LogP contribution is 2.27. The second-order valence-corrected chi connectivity index (χ2v) is 9.60. The number of benzene rings is 2. The number of nitrogens with one attached hydrogen (secondary N) is 1. The minimum Gasteiger partial charge on any atom is -0.368 e. The first-order valence-corrected chi connectivity index (χ1v) is 12.9. The third-order valence-electron chi connectivity index (χ3n) is 7.03. The number of piperazine rings is 1. The zero-order valence-corrected chi connectivity index (χ0v) is 20.9. The van der Waals surface area contributed by atoms with Crippen molar-refractivity contribution in [2.45, 2.75) is 39.0 Å². The topological polar surface area (TPSA) is 73.0 Å². The molecule has 3 amide bonds. The van der Waals surface area contributed by atoms with E-state index in [1.165, 1.54) is 12.1 Å². The average molecular weight is 495 g/mol. The molecule has 8 heteroatoms. The molecule has 0 unspecified atom stereocenters.